The van der Waals surface area contributed by atoms with Crippen molar-refractivity contribution < 1.29 is 60.8 Å². The van der Waals surface area contributed by atoms with Crippen LogP contribution in [0.5, 0.6) is 11.5 Å². The molecule has 412 valence electrons. The number of halogens is 4. The molecule has 3 aliphatic carbocycles. The molecule has 8 rings (SSSR count). The number of carbonyl (C=O) groups is 5. The predicted molar refractivity (Wildman–Crippen MR) is 284 cm³/mol. The highest BCUT2D eigenvalue weighted by molar-refractivity contribution is 6.31. The molecule has 1 fully saturated rings. The minimum Gasteiger partial charge on any atom is -0.494 e. The Bertz CT molecular complexity index is 3000. The summed E-state index contributed by atoms with van der Waals surface area (Å²) in [5.41, 5.74) is 1.50. The van der Waals surface area contributed by atoms with Gasteiger partial charge in [0.05, 0.1) is 32.4 Å². The Kier molecular flexibility index (Phi) is 17.0. The smallest absolute Gasteiger partial charge is 0.471 e. The molecule has 1 spiro atoms. The number of nitrogens with zero attached hydrogens (tertiary/aromatic N) is 3. The van der Waals surface area contributed by atoms with Gasteiger partial charge in [0.1, 0.15) is 22.6 Å². The van der Waals surface area contributed by atoms with E-state index in [0.29, 0.717) is 47.1 Å². The van der Waals surface area contributed by atoms with Gasteiger partial charge in [0, 0.05) is 46.2 Å². The Labute approximate surface area is 452 Å². The van der Waals surface area contributed by atoms with E-state index in [4.69, 9.17) is 35.3 Å². The summed E-state index contributed by atoms with van der Waals surface area (Å²) < 4.78 is 74.4. The molecule has 2 aromatic heterocycles. The zero-order valence-electron chi connectivity index (χ0n) is 44.7. The summed E-state index contributed by atoms with van der Waals surface area (Å²) in [7, 11) is 1.11. The number of hydrogen-bond acceptors (Lipinski definition) is 11. The maximum Gasteiger partial charge on any atom is 0.471 e. The summed E-state index contributed by atoms with van der Waals surface area (Å²) in [5, 5.41) is 3.63. The number of rotatable bonds is 17. The molecule has 3 aliphatic rings. The highest BCUT2D eigenvalue weighted by Crippen LogP contribution is 2.58. The van der Waals surface area contributed by atoms with E-state index >= 15 is 0 Å². The van der Waals surface area contributed by atoms with Gasteiger partial charge in [-0.1, -0.05) is 49.7 Å². The van der Waals surface area contributed by atoms with E-state index in [0.717, 1.165) is 59.9 Å². The molecule has 1 N–H and O–H groups in total. The minimum atomic E-state index is -5.33. The zero-order chi connectivity index (χ0) is 55.5. The summed E-state index contributed by atoms with van der Waals surface area (Å²) >= 11 is 6.30. The van der Waals surface area contributed by atoms with Gasteiger partial charge in [-0.3, -0.25) is 24.0 Å². The summed E-state index contributed by atoms with van der Waals surface area (Å²) in [6, 6.07) is 18.9. The van der Waals surface area contributed by atoms with E-state index in [9.17, 15) is 37.1 Å². The standard InChI is InChI=1S/C59H68ClF3N4O10/c1-8-74-52(69)51(40-18-17-38-22-28-66(47(38)32-40)55(72)77-56(4,5)6)65-49(68)16-11-29-75-44-20-19-39-31-41(30-36(2)35-76-48-21-27-64-46-15-9-12-37(3)50(46)48)57(45(39)34-44)23-25-58(26-24-57,54(71)73-7)67(53(70)59(61,62)63)43-14-10-13-42(60)33-43/h10,13-14,17-22,27-28,32-34,36-37,41,51H,8-9,11-12,15-16,23-26,29-31,35H2,1-7H3,(H,65,68)/t36-,37-,41+,51?,57?,58?/m1/s1. The van der Waals surface area contributed by atoms with Gasteiger partial charge in [0.2, 0.25) is 5.91 Å². The number of hydrogen-bond donors (Lipinski definition) is 1. The Morgan fingerprint density at radius 3 is 2.43 bits per heavy atom. The number of ether oxygens (including phenoxy) is 5. The van der Waals surface area contributed by atoms with Crippen LogP contribution in [-0.4, -0.2) is 83.6 Å². The van der Waals surface area contributed by atoms with Crippen LogP contribution in [-0.2, 0) is 51.6 Å². The number of pyridine rings is 1. The number of carbonyl (C=O) groups excluding carboxylic acids is 5. The van der Waals surface area contributed by atoms with E-state index in [2.05, 4.69) is 24.1 Å². The van der Waals surface area contributed by atoms with Crippen LogP contribution in [0.2, 0.25) is 5.02 Å². The van der Waals surface area contributed by atoms with Gasteiger partial charge in [-0.05, 0) is 180 Å². The van der Waals surface area contributed by atoms with Crippen LogP contribution >= 0.6 is 11.6 Å². The van der Waals surface area contributed by atoms with Crippen LogP contribution in [0, 0.1) is 11.8 Å². The molecule has 1 unspecified atom stereocenters. The fourth-order valence-electron chi connectivity index (χ4n) is 11.9. The largest absolute Gasteiger partial charge is 0.494 e. The monoisotopic (exact) mass is 1080 g/mol. The normalized spacial score (nSPS) is 20.8. The molecule has 3 aromatic carbocycles. The van der Waals surface area contributed by atoms with Gasteiger partial charge in [0.15, 0.2) is 6.04 Å². The van der Waals surface area contributed by atoms with Crippen LogP contribution in [0.4, 0.5) is 23.7 Å². The number of benzene rings is 3. The Balaban J connectivity index is 1.02. The second kappa shape index (κ2) is 23.1. The first kappa shape index (κ1) is 56.6. The Hall–Kier alpha value is -6.62. The topological polar surface area (TPSA) is 165 Å². The predicted octanol–water partition coefficient (Wildman–Crippen LogP) is 12.1. The molecule has 77 heavy (non-hydrogen) atoms. The molecule has 4 atom stereocenters. The molecule has 2 heterocycles. The average Bonchev–Trinajstić information content (AvgIpc) is 3.97. The number of aryl methyl sites for hydroxylation is 1. The maximum absolute atomic E-state index is 14.6. The SMILES string of the molecule is CCOC(=O)C(NC(=O)CCCOc1ccc2c(c1)C1(CCC(C(=O)OC)(N(C(=O)C(F)(F)F)c3cccc(Cl)c3)CC1)[C@@H](C[C@@H](C)COc1ccnc3c1[C@H](C)CCC3)C2)c1ccc2ccn(C(=O)OC(C)(C)C)c2c1. The van der Waals surface area contributed by atoms with Crippen molar-refractivity contribution >= 4 is 58.0 Å². The lowest BCUT2D eigenvalue weighted by molar-refractivity contribution is -0.174. The number of methoxy groups -OCH3 is 1. The highest BCUT2D eigenvalue weighted by Gasteiger charge is 2.60. The number of esters is 2. The molecule has 14 nitrogen and oxygen atoms in total. The third-order valence-electron chi connectivity index (χ3n) is 15.4. The lowest BCUT2D eigenvalue weighted by atomic mass is 9.59. The van der Waals surface area contributed by atoms with Crippen molar-refractivity contribution in [1.29, 1.82) is 0 Å². The van der Waals surface area contributed by atoms with Crippen LogP contribution < -0.4 is 19.7 Å². The molecular weight excluding hydrogens is 1020 g/mol. The lowest BCUT2D eigenvalue weighted by Gasteiger charge is -2.51. The van der Waals surface area contributed by atoms with Crippen LogP contribution in [0.1, 0.15) is 139 Å². The number of fused-ring (bicyclic) bond motifs is 4. The third kappa shape index (κ3) is 12.2. The van der Waals surface area contributed by atoms with Crippen molar-refractivity contribution in [3.8, 4) is 11.5 Å². The number of alkyl halides is 3. The van der Waals surface area contributed by atoms with Gasteiger partial charge in [-0.2, -0.15) is 13.2 Å². The van der Waals surface area contributed by atoms with Crippen molar-refractivity contribution in [1.82, 2.24) is 14.9 Å². The van der Waals surface area contributed by atoms with Crippen LogP contribution in [0.25, 0.3) is 10.9 Å². The lowest BCUT2D eigenvalue weighted by Crippen LogP contribution is -2.63. The van der Waals surface area contributed by atoms with Gasteiger partial charge in [0.25, 0.3) is 0 Å². The van der Waals surface area contributed by atoms with Gasteiger partial charge in [-0.15, -0.1) is 0 Å². The molecule has 18 heteroatoms. The first-order valence-corrected chi connectivity index (χ1v) is 26.9. The number of anilines is 1. The number of aromatic nitrogens is 2. The summed E-state index contributed by atoms with van der Waals surface area (Å²) in [6.45, 7) is 11.9. The number of amides is 2. The van der Waals surface area contributed by atoms with Gasteiger partial charge in [-0.25, -0.2) is 14.4 Å². The maximum atomic E-state index is 14.6. The first-order valence-electron chi connectivity index (χ1n) is 26.5. The fraction of sp³-hybridized carbons (Fsp3) is 0.492. The van der Waals surface area contributed by atoms with Crippen molar-refractivity contribution in [2.24, 2.45) is 11.8 Å². The second-order valence-corrected chi connectivity index (χ2v) is 22.3. The molecule has 2 amide bonds. The van der Waals surface area contributed by atoms with Crippen molar-refractivity contribution in [3.05, 3.63) is 118 Å². The molecule has 0 aliphatic heterocycles. The van der Waals surface area contributed by atoms with Gasteiger partial charge >= 0.3 is 30.1 Å². The van der Waals surface area contributed by atoms with E-state index in [1.54, 1.807) is 64.4 Å². The molecule has 0 saturated heterocycles. The van der Waals surface area contributed by atoms with E-state index in [-0.39, 0.29) is 74.3 Å². The van der Waals surface area contributed by atoms with Crippen LogP contribution in [0.15, 0.2) is 85.2 Å². The minimum absolute atomic E-state index is 0.0139. The molecule has 5 aromatic rings. The highest BCUT2D eigenvalue weighted by atomic mass is 35.5. The first-order chi connectivity index (χ1) is 36.6. The molecule has 0 radical (unpaired) electrons. The van der Waals surface area contributed by atoms with Crippen molar-refractivity contribution in [3.63, 3.8) is 0 Å². The van der Waals surface area contributed by atoms with E-state index in [1.807, 2.05) is 24.3 Å². The summed E-state index contributed by atoms with van der Waals surface area (Å²) in [4.78, 5) is 72.8. The molecule has 0 bridgehead atoms. The van der Waals surface area contributed by atoms with E-state index < -0.39 is 58.6 Å². The summed E-state index contributed by atoms with van der Waals surface area (Å²) in [6.07, 6.45) is 2.23. The van der Waals surface area contributed by atoms with Crippen molar-refractivity contribution in [2.75, 3.05) is 31.8 Å². The fourth-order valence-corrected chi connectivity index (χ4v) is 12.1. The third-order valence-corrected chi connectivity index (χ3v) is 15.6. The zero-order valence-corrected chi connectivity index (χ0v) is 45.5. The van der Waals surface area contributed by atoms with E-state index in [1.165, 1.54) is 28.8 Å². The van der Waals surface area contributed by atoms with Gasteiger partial charge < -0.3 is 29.0 Å². The second-order valence-electron chi connectivity index (χ2n) is 21.8. The van der Waals surface area contributed by atoms with Crippen LogP contribution in [0.3, 0.4) is 0 Å². The summed E-state index contributed by atoms with van der Waals surface area (Å²) in [5.74, 6) is -2.60. The van der Waals surface area contributed by atoms with Crippen molar-refractivity contribution in [2.45, 2.75) is 147 Å². The Morgan fingerprint density at radius 1 is 0.961 bits per heavy atom. The molecule has 1 saturated carbocycles. The number of nitrogens with one attached hydrogen (secondary N) is 1. The Morgan fingerprint density at radius 2 is 1.73 bits per heavy atom. The average molecular weight is 1090 g/mol. The molecular formula is C59H68ClF3N4O10. The quantitative estimate of drug-likeness (QED) is 0.0535.